The number of para-hydroxylation sites is 2. The minimum absolute atomic E-state index is 0.0222. The Labute approximate surface area is 163 Å². The Bertz CT molecular complexity index is 1040. The number of nitrogens with zero attached hydrogens (tertiary/aromatic N) is 2. The smallest absolute Gasteiger partial charge is 0.256 e. The van der Waals surface area contributed by atoms with Crippen molar-refractivity contribution in [3.63, 3.8) is 0 Å². The van der Waals surface area contributed by atoms with Gasteiger partial charge in [0.2, 0.25) is 0 Å². The van der Waals surface area contributed by atoms with Crippen LogP contribution in [0, 0.1) is 6.92 Å². The van der Waals surface area contributed by atoms with Gasteiger partial charge in [-0.1, -0.05) is 12.1 Å². The summed E-state index contributed by atoms with van der Waals surface area (Å²) < 4.78 is 0. The zero-order valence-electron chi connectivity index (χ0n) is 16.0. The lowest BCUT2D eigenvalue weighted by atomic mass is 9.91. The van der Waals surface area contributed by atoms with Crippen LogP contribution in [0.15, 0.2) is 24.3 Å². The number of carbonyl (C=O) groups excluding carboxylic acids is 2. The van der Waals surface area contributed by atoms with Crippen molar-refractivity contribution in [2.45, 2.75) is 44.9 Å². The molecule has 0 spiro atoms. The third-order valence-corrected chi connectivity index (χ3v) is 6.09. The molecule has 0 bridgehead atoms. The number of aryl methyl sites for hydroxylation is 2. The summed E-state index contributed by atoms with van der Waals surface area (Å²) in [6, 6.07) is 8.01. The van der Waals surface area contributed by atoms with Crippen molar-refractivity contribution >= 4 is 22.7 Å². The number of benzene rings is 1. The standard InChI is InChI=1S/C22H24N4O2/c1-13-19(20-17(23-13)9-4-10-18(20)27)22(28)26-11-5-6-14(12-26)21-24-15-7-2-3-8-16(15)25-21/h2-3,7-8,14,23H,4-6,9-12H2,1H3,(H,24,25)/t14-/m0/s1. The molecule has 1 amide bonds. The van der Waals surface area contributed by atoms with Crippen molar-refractivity contribution in [3.8, 4) is 0 Å². The molecule has 1 fully saturated rings. The van der Waals surface area contributed by atoms with E-state index >= 15 is 0 Å². The molecule has 6 heteroatoms. The van der Waals surface area contributed by atoms with Crippen LogP contribution in [0.25, 0.3) is 11.0 Å². The third kappa shape index (κ3) is 2.75. The summed E-state index contributed by atoms with van der Waals surface area (Å²) in [5, 5.41) is 0. The van der Waals surface area contributed by atoms with Gasteiger partial charge in [-0.2, -0.15) is 0 Å². The van der Waals surface area contributed by atoms with E-state index in [4.69, 9.17) is 4.98 Å². The zero-order valence-corrected chi connectivity index (χ0v) is 16.0. The van der Waals surface area contributed by atoms with Gasteiger partial charge in [0.25, 0.3) is 5.91 Å². The number of hydrogen-bond acceptors (Lipinski definition) is 3. The highest BCUT2D eigenvalue weighted by Crippen LogP contribution is 2.31. The van der Waals surface area contributed by atoms with Gasteiger partial charge in [0.05, 0.1) is 22.2 Å². The van der Waals surface area contributed by atoms with Crippen molar-refractivity contribution < 1.29 is 9.59 Å². The lowest BCUT2D eigenvalue weighted by molar-refractivity contribution is 0.0699. The van der Waals surface area contributed by atoms with Gasteiger partial charge >= 0.3 is 0 Å². The summed E-state index contributed by atoms with van der Waals surface area (Å²) in [7, 11) is 0. The number of rotatable bonds is 2. The molecule has 2 N–H and O–H groups in total. The number of hydrogen-bond donors (Lipinski definition) is 2. The average molecular weight is 376 g/mol. The van der Waals surface area contributed by atoms with Crippen molar-refractivity contribution in [2.75, 3.05) is 13.1 Å². The SMILES string of the molecule is Cc1[nH]c2c(c1C(=O)N1CCC[C@H](c3nc4ccccc4[nH]3)C1)C(=O)CCC2. The first-order valence-corrected chi connectivity index (χ1v) is 10.1. The molecule has 6 nitrogen and oxygen atoms in total. The number of Topliss-reactive ketones (excluding diaryl/α,β-unsaturated/α-hetero) is 1. The minimum atomic E-state index is -0.0222. The maximum atomic E-state index is 13.4. The zero-order chi connectivity index (χ0) is 19.3. The Hall–Kier alpha value is -2.89. The van der Waals surface area contributed by atoms with Crippen LogP contribution in [0.3, 0.4) is 0 Å². The molecule has 1 aliphatic heterocycles. The van der Waals surface area contributed by atoms with E-state index in [9.17, 15) is 9.59 Å². The van der Waals surface area contributed by atoms with Gasteiger partial charge in [0, 0.05) is 36.8 Å². The second-order valence-corrected chi connectivity index (χ2v) is 7.98. The molecular weight excluding hydrogens is 352 g/mol. The van der Waals surface area contributed by atoms with Crippen LogP contribution < -0.4 is 0 Å². The summed E-state index contributed by atoms with van der Waals surface area (Å²) in [6.07, 6.45) is 4.18. The number of carbonyl (C=O) groups is 2. The molecule has 0 saturated carbocycles. The van der Waals surface area contributed by atoms with Gasteiger partial charge in [-0.05, 0) is 44.7 Å². The van der Waals surface area contributed by atoms with Gasteiger partial charge < -0.3 is 14.9 Å². The topological polar surface area (TPSA) is 81.8 Å². The van der Waals surface area contributed by atoms with Crippen molar-refractivity contribution in [1.29, 1.82) is 0 Å². The van der Waals surface area contributed by atoms with Crippen LogP contribution >= 0.6 is 0 Å². The van der Waals surface area contributed by atoms with E-state index in [1.54, 1.807) is 0 Å². The predicted octanol–water partition coefficient (Wildman–Crippen LogP) is 3.74. The normalized spacial score (nSPS) is 19.8. The van der Waals surface area contributed by atoms with Gasteiger partial charge in [0.15, 0.2) is 5.78 Å². The Morgan fingerprint density at radius 1 is 1.18 bits per heavy atom. The molecule has 144 valence electrons. The number of nitrogens with one attached hydrogen (secondary N) is 2. The number of aromatic nitrogens is 3. The number of aromatic amines is 2. The summed E-state index contributed by atoms with van der Waals surface area (Å²) >= 11 is 0. The lowest BCUT2D eigenvalue weighted by Crippen LogP contribution is -2.40. The van der Waals surface area contributed by atoms with Crippen LogP contribution in [0.4, 0.5) is 0 Å². The molecular formula is C22H24N4O2. The fourth-order valence-corrected chi connectivity index (χ4v) is 4.71. The Morgan fingerprint density at radius 2 is 2.04 bits per heavy atom. The molecule has 1 atom stereocenters. The number of fused-ring (bicyclic) bond motifs is 2. The maximum Gasteiger partial charge on any atom is 0.256 e. The van der Waals surface area contributed by atoms with E-state index in [0.29, 0.717) is 24.1 Å². The van der Waals surface area contributed by atoms with E-state index in [0.717, 1.165) is 60.5 Å². The van der Waals surface area contributed by atoms with Gasteiger partial charge in [-0.3, -0.25) is 9.59 Å². The lowest BCUT2D eigenvalue weighted by Gasteiger charge is -2.32. The molecule has 0 unspecified atom stereocenters. The Kier molecular flexibility index (Phi) is 4.07. The first kappa shape index (κ1) is 17.2. The molecule has 1 saturated heterocycles. The summed E-state index contributed by atoms with van der Waals surface area (Å²) in [5.74, 6) is 1.21. The van der Waals surface area contributed by atoms with E-state index in [-0.39, 0.29) is 17.6 Å². The van der Waals surface area contributed by atoms with Crippen LogP contribution in [0.2, 0.25) is 0 Å². The molecule has 1 aromatic carbocycles. The van der Waals surface area contributed by atoms with E-state index < -0.39 is 0 Å². The van der Waals surface area contributed by atoms with Gasteiger partial charge in [-0.15, -0.1) is 0 Å². The molecule has 0 radical (unpaired) electrons. The fourth-order valence-electron chi connectivity index (χ4n) is 4.71. The number of ketones is 1. The largest absolute Gasteiger partial charge is 0.361 e. The van der Waals surface area contributed by atoms with Crippen LogP contribution in [-0.4, -0.2) is 44.6 Å². The van der Waals surface area contributed by atoms with Crippen molar-refractivity contribution in [3.05, 3.63) is 52.6 Å². The predicted molar refractivity (Wildman–Crippen MR) is 107 cm³/mol. The van der Waals surface area contributed by atoms with Crippen LogP contribution in [0.5, 0.6) is 0 Å². The minimum Gasteiger partial charge on any atom is -0.361 e. The summed E-state index contributed by atoms with van der Waals surface area (Å²) in [6.45, 7) is 3.26. The second-order valence-electron chi connectivity index (χ2n) is 7.98. The van der Waals surface area contributed by atoms with E-state index in [2.05, 4.69) is 9.97 Å². The highest BCUT2D eigenvalue weighted by molar-refractivity contribution is 6.10. The highest BCUT2D eigenvalue weighted by atomic mass is 16.2. The summed E-state index contributed by atoms with van der Waals surface area (Å²) in [5.41, 5.74) is 4.97. The molecule has 28 heavy (non-hydrogen) atoms. The fraction of sp³-hybridized carbons (Fsp3) is 0.409. The maximum absolute atomic E-state index is 13.4. The molecule has 3 heterocycles. The number of likely N-dealkylation sites (tertiary alicyclic amines) is 1. The first-order chi connectivity index (χ1) is 13.6. The second kappa shape index (κ2) is 6.62. The van der Waals surface area contributed by atoms with Gasteiger partial charge in [-0.25, -0.2) is 4.98 Å². The van der Waals surface area contributed by atoms with Crippen molar-refractivity contribution in [1.82, 2.24) is 19.9 Å². The first-order valence-electron chi connectivity index (χ1n) is 10.1. The third-order valence-electron chi connectivity index (χ3n) is 6.09. The average Bonchev–Trinajstić information content (AvgIpc) is 3.29. The van der Waals surface area contributed by atoms with Crippen LogP contribution in [0.1, 0.15) is 69.5 Å². The molecule has 5 rings (SSSR count). The quantitative estimate of drug-likeness (QED) is 0.715. The molecule has 3 aromatic rings. The molecule has 1 aliphatic carbocycles. The Balaban J connectivity index is 1.43. The van der Waals surface area contributed by atoms with Crippen molar-refractivity contribution in [2.24, 2.45) is 0 Å². The number of H-pyrrole nitrogens is 2. The monoisotopic (exact) mass is 376 g/mol. The number of imidazole rings is 1. The Morgan fingerprint density at radius 3 is 2.89 bits per heavy atom. The number of piperidine rings is 1. The molecule has 2 aliphatic rings. The summed E-state index contributed by atoms with van der Waals surface area (Å²) in [4.78, 5) is 39.2. The van der Waals surface area contributed by atoms with Crippen LogP contribution in [-0.2, 0) is 6.42 Å². The number of amides is 1. The van der Waals surface area contributed by atoms with E-state index in [1.807, 2.05) is 36.1 Å². The highest BCUT2D eigenvalue weighted by Gasteiger charge is 2.33. The molecule has 2 aromatic heterocycles. The van der Waals surface area contributed by atoms with E-state index in [1.165, 1.54) is 0 Å². The van der Waals surface area contributed by atoms with Gasteiger partial charge in [0.1, 0.15) is 5.82 Å².